The first-order chi connectivity index (χ1) is 9.80. The molecule has 0 saturated carbocycles. The van der Waals surface area contributed by atoms with E-state index in [1.807, 2.05) is 0 Å². The molecular weight excluding hydrogens is 278 g/mol. The Hall–Kier alpha value is -1.83. The van der Waals surface area contributed by atoms with Gasteiger partial charge in [-0.15, -0.1) is 0 Å². The van der Waals surface area contributed by atoms with Gasteiger partial charge in [-0.05, 0) is 19.8 Å². The van der Waals surface area contributed by atoms with Gasteiger partial charge in [-0.3, -0.25) is 9.59 Å². The SMILES string of the molecule is CC(O)(CNC(=O)N1CCCC2C(=O)NCC21)CC(=O)O. The second-order valence-electron chi connectivity index (χ2n) is 5.98. The summed E-state index contributed by atoms with van der Waals surface area (Å²) in [6, 6.07) is -0.525. The van der Waals surface area contributed by atoms with Crippen LogP contribution in [-0.2, 0) is 9.59 Å². The molecule has 3 amide bonds. The van der Waals surface area contributed by atoms with Gasteiger partial charge in [-0.1, -0.05) is 0 Å². The topological polar surface area (TPSA) is 119 Å². The number of aliphatic carboxylic acids is 1. The van der Waals surface area contributed by atoms with Gasteiger partial charge >= 0.3 is 12.0 Å². The third kappa shape index (κ3) is 3.63. The normalized spacial score (nSPS) is 27.5. The molecule has 2 fully saturated rings. The number of carboxylic acids is 1. The Morgan fingerprint density at radius 1 is 1.52 bits per heavy atom. The van der Waals surface area contributed by atoms with Gasteiger partial charge in [-0.2, -0.15) is 0 Å². The van der Waals surface area contributed by atoms with Crippen molar-refractivity contribution in [2.24, 2.45) is 5.92 Å². The van der Waals surface area contributed by atoms with Crippen LogP contribution in [0.4, 0.5) is 4.79 Å². The molecule has 0 spiro atoms. The number of piperidine rings is 1. The number of carbonyl (C=O) groups excluding carboxylic acids is 2. The molecule has 2 aliphatic heterocycles. The summed E-state index contributed by atoms with van der Waals surface area (Å²) in [5.41, 5.74) is -1.50. The van der Waals surface area contributed by atoms with Crippen molar-refractivity contribution < 1.29 is 24.6 Å². The number of fused-ring (bicyclic) bond motifs is 1. The molecule has 4 N–H and O–H groups in total. The number of aliphatic hydroxyl groups is 1. The average Bonchev–Trinajstić information content (AvgIpc) is 2.77. The van der Waals surface area contributed by atoms with Gasteiger partial charge in [0.05, 0.1) is 24.0 Å². The summed E-state index contributed by atoms with van der Waals surface area (Å²) in [5, 5.41) is 23.9. The van der Waals surface area contributed by atoms with Crippen LogP contribution in [0.1, 0.15) is 26.2 Å². The van der Waals surface area contributed by atoms with Crippen LogP contribution in [-0.4, -0.2) is 64.3 Å². The van der Waals surface area contributed by atoms with Crippen LogP contribution in [0.5, 0.6) is 0 Å². The fourth-order valence-electron chi connectivity index (χ4n) is 2.96. The molecule has 2 aliphatic rings. The predicted molar refractivity (Wildman–Crippen MR) is 72.5 cm³/mol. The molecule has 3 unspecified atom stereocenters. The lowest BCUT2D eigenvalue weighted by molar-refractivity contribution is -0.141. The molecule has 3 atom stereocenters. The number of carboxylic acid groups (broad SMARTS) is 1. The van der Waals surface area contributed by atoms with Gasteiger partial charge in [0.25, 0.3) is 0 Å². The molecule has 8 heteroatoms. The molecule has 21 heavy (non-hydrogen) atoms. The summed E-state index contributed by atoms with van der Waals surface area (Å²) in [6.07, 6.45) is 1.09. The zero-order valence-electron chi connectivity index (χ0n) is 12.0. The van der Waals surface area contributed by atoms with Gasteiger partial charge in [0.1, 0.15) is 0 Å². The number of carbonyl (C=O) groups is 3. The van der Waals surface area contributed by atoms with Gasteiger partial charge in [-0.25, -0.2) is 4.79 Å². The zero-order chi connectivity index (χ0) is 15.6. The highest BCUT2D eigenvalue weighted by molar-refractivity contribution is 5.84. The van der Waals surface area contributed by atoms with Gasteiger partial charge in [0, 0.05) is 19.6 Å². The molecule has 2 rings (SSSR count). The number of rotatable bonds is 4. The number of likely N-dealkylation sites (tertiary alicyclic amines) is 1. The highest BCUT2D eigenvalue weighted by Crippen LogP contribution is 2.27. The number of amides is 3. The van der Waals surface area contributed by atoms with Gasteiger partial charge in [0.15, 0.2) is 0 Å². The van der Waals surface area contributed by atoms with E-state index in [-0.39, 0.29) is 30.4 Å². The van der Waals surface area contributed by atoms with Crippen molar-refractivity contribution in [1.82, 2.24) is 15.5 Å². The molecule has 2 heterocycles. The summed E-state index contributed by atoms with van der Waals surface area (Å²) >= 11 is 0. The van der Waals surface area contributed by atoms with E-state index in [2.05, 4.69) is 10.6 Å². The minimum Gasteiger partial charge on any atom is -0.481 e. The minimum atomic E-state index is -1.50. The van der Waals surface area contributed by atoms with Crippen molar-refractivity contribution in [2.45, 2.75) is 37.8 Å². The van der Waals surface area contributed by atoms with E-state index in [1.54, 1.807) is 4.90 Å². The summed E-state index contributed by atoms with van der Waals surface area (Å²) < 4.78 is 0. The Balaban J connectivity index is 1.91. The summed E-state index contributed by atoms with van der Waals surface area (Å²) in [7, 11) is 0. The van der Waals surface area contributed by atoms with Crippen LogP contribution < -0.4 is 10.6 Å². The smallest absolute Gasteiger partial charge is 0.317 e. The maximum atomic E-state index is 12.2. The molecular formula is C13H21N3O5. The molecule has 0 aromatic rings. The van der Waals surface area contributed by atoms with E-state index in [1.165, 1.54) is 6.92 Å². The average molecular weight is 299 g/mol. The molecule has 0 aromatic carbocycles. The fraction of sp³-hybridized carbons (Fsp3) is 0.769. The minimum absolute atomic E-state index is 0.0182. The molecule has 8 nitrogen and oxygen atoms in total. The van der Waals surface area contributed by atoms with Crippen LogP contribution in [0.25, 0.3) is 0 Å². The zero-order valence-corrected chi connectivity index (χ0v) is 12.0. The Kier molecular flexibility index (Phi) is 4.36. The van der Waals surface area contributed by atoms with E-state index >= 15 is 0 Å². The van der Waals surface area contributed by atoms with Crippen LogP contribution in [0.15, 0.2) is 0 Å². The standard InChI is InChI=1S/C13H21N3O5/c1-13(21,5-10(17)18)7-15-12(20)16-4-2-3-8-9(16)6-14-11(8)19/h8-9,21H,2-7H2,1H3,(H,14,19)(H,15,20)(H,17,18). The van der Waals surface area contributed by atoms with Crippen molar-refractivity contribution in [3.05, 3.63) is 0 Å². The van der Waals surface area contributed by atoms with Crippen LogP contribution in [0.3, 0.4) is 0 Å². The summed E-state index contributed by atoms with van der Waals surface area (Å²) in [5.74, 6) is -1.31. The first-order valence-corrected chi connectivity index (χ1v) is 7.06. The number of nitrogens with zero attached hydrogens (tertiary/aromatic N) is 1. The van der Waals surface area contributed by atoms with Crippen molar-refractivity contribution in [2.75, 3.05) is 19.6 Å². The number of nitrogens with one attached hydrogen (secondary N) is 2. The highest BCUT2D eigenvalue weighted by Gasteiger charge is 2.42. The maximum Gasteiger partial charge on any atom is 0.317 e. The van der Waals surface area contributed by atoms with Gasteiger partial charge in [0.2, 0.25) is 5.91 Å². The summed E-state index contributed by atoms with van der Waals surface area (Å²) in [4.78, 5) is 36.1. The Bertz CT molecular complexity index is 451. The quantitative estimate of drug-likeness (QED) is 0.538. The molecule has 0 aromatic heterocycles. The number of hydrogen-bond donors (Lipinski definition) is 4. The number of urea groups is 1. The lowest BCUT2D eigenvalue weighted by Crippen LogP contribution is -2.54. The lowest BCUT2D eigenvalue weighted by Gasteiger charge is -2.36. The Labute approximate surface area is 122 Å². The predicted octanol–water partition coefficient (Wildman–Crippen LogP) is -0.868. The molecule has 2 saturated heterocycles. The van der Waals surface area contributed by atoms with Crippen molar-refractivity contribution in [1.29, 1.82) is 0 Å². The van der Waals surface area contributed by atoms with Gasteiger partial charge < -0.3 is 25.7 Å². The van der Waals surface area contributed by atoms with E-state index in [0.717, 1.165) is 12.8 Å². The highest BCUT2D eigenvalue weighted by atomic mass is 16.4. The van der Waals surface area contributed by atoms with E-state index < -0.39 is 18.0 Å². The molecule has 0 radical (unpaired) electrons. The monoisotopic (exact) mass is 299 g/mol. The van der Waals surface area contributed by atoms with Crippen LogP contribution >= 0.6 is 0 Å². The largest absolute Gasteiger partial charge is 0.481 e. The van der Waals surface area contributed by atoms with E-state index in [0.29, 0.717) is 13.1 Å². The first-order valence-electron chi connectivity index (χ1n) is 7.06. The summed E-state index contributed by atoms with van der Waals surface area (Å²) in [6.45, 7) is 2.22. The third-order valence-corrected chi connectivity index (χ3v) is 4.01. The lowest BCUT2D eigenvalue weighted by atomic mass is 9.92. The first kappa shape index (κ1) is 15.6. The fourth-order valence-corrected chi connectivity index (χ4v) is 2.96. The second-order valence-corrected chi connectivity index (χ2v) is 5.98. The Morgan fingerprint density at radius 2 is 2.24 bits per heavy atom. The van der Waals surface area contributed by atoms with Crippen LogP contribution in [0.2, 0.25) is 0 Å². The molecule has 118 valence electrons. The third-order valence-electron chi connectivity index (χ3n) is 4.01. The second kappa shape index (κ2) is 5.88. The Morgan fingerprint density at radius 3 is 2.90 bits per heavy atom. The van der Waals surface area contributed by atoms with Crippen molar-refractivity contribution >= 4 is 17.9 Å². The molecule has 0 aliphatic carbocycles. The van der Waals surface area contributed by atoms with Crippen molar-refractivity contribution in [3.8, 4) is 0 Å². The van der Waals surface area contributed by atoms with Crippen LogP contribution in [0, 0.1) is 5.92 Å². The number of hydrogen-bond acceptors (Lipinski definition) is 4. The van der Waals surface area contributed by atoms with Crippen molar-refractivity contribution in [3.63, 3.8) is 0 Å². The van der Waals surface area contributed by atoms with E-state index in [9.17, 15) is 19.5 Å². The maximum absolute atomic E-state index is 12.2. The van der Waals surface area contributed by atoms with E-state index in [4.69, 9.17) is 5.11 Å². The molecule has 0 bridgehead atoms.